The molecule has 0 saturated heterocycles. The van der Waals surface area contributed by atoms with Gasteiger partial charge in [-0.25, -0.2) is 0 Å². The van der Waals surface area contributed by atoms with Crippen LogP contribution in [0.4, 0.5) is 0 Å². The van der Waals surface area contributed by atoms with Crippen LogP contribution in [0.25, 0.3) is 0 Å². The second kappa shape index (κ2) is 10.4. The van der Waals surface area contributed by atoms with Crippen LogP contribution in [-0.4, -0.2) is 25.8 Å². The van der Waals surface area contributed by atoms with Crippen LogP contribution in [0.15, 0.2) is 24.3 Å². The molecule has 0 heterocycles. The zero-order chi connectivity index (χ0) is 18.2. The van der Waals surface area contributed by atoms with Gasteiger partial charge < -0.3 is 8.92 Å². The Bertz CT molecular complexity index is 543. The Kier molecular flexibility index (Phi) is 8.97. The number of esters is 1. The molecule has 0 spiro atoms. The van der Waals surface area contributed by atoms with Gasteiger partial charge in [0.15, 0.2) is 5.78 Å². The summed E-state index contributed by atoms with van der Waals surface area (Å²) in [6.45, 7) is 7.35. The average molecular weight is 353 g/mol. The van der Waals surface area contributed by atoms with Crippen molar-refractivity contribution in [3.63, 3.8) is 0 Å². The summed E-state index contributed by atoms with van der Waals surface area (Å²) < 4.78 is 17.4. The Labute approximate surface area is 152 Å². The lowest BCUT2D eigenvalue weighted by Gasteiger charge is -2.22. The first-order valence-corrected chi connectivity index (χ1v) is 8.43. The quantitative estimate of drug-likeness (QED) is 0.283. The molecule has 133 valence electrons. The predicted octanol–water partition coefficient (Wildman–Crippen LogP) is 4.50. The van der Waals surface area contributed by atoms with Crippen molar-refractivity contribution in [1.29, 1.82) is 1.34 Å². The minimum atomic E-state index is -0.485. The van der Waals surface area contributed by atoms with E-state index < -0.39 is 5.60 Å². The van der Waals surface area contributed by atoms with Crippen LogP contribution in [-0.2, 0) is 9.53 Å². The molecule has 0 saturated carbocycles. The van der Waals surface area contributed by atoms with E-state index in [0.29, 0.717) is 30.6 Å². The molecule has 0 aliphatic carbocycles. The topological polar surface area (TPSA) is 52.6 Å². The van der Waals surface area contributed by atoms with Crippen LogP contribution < -0.4 is 4.18 Å². The second-order valence-corrected chi connectivity index (χ2v) is 6.81. The van der Waals surface area contributed by atoms with E-state index in [1.165, 1.54) is 0 Å². The lowest BCUT2D eigenvalue weighted by Crippen LogP contribution is -2.27. The lowest BCUT2D eigenvalue weighted by molar-refractivity contribution is -0.159. The molecule has 0 unspecified atom stereocenters. The normalized spacial score (nSPS) is 12.4. The third kappa shape index (κ3) is 8.43. The Morgan fingerprint density at radius 2 is 1.92 bits per heavy atom. The number of rotatable bonds is 9. The summed E-state index contributed by atoms with van der Waals surface area (Å²) >= 11 is 0.912. The van der Waals surface area contributed by atoms with Crippen molar-refractivity contribution < 1.29 is 18.5 Å². The van der Waals surface area contributed by atoms with Gasteiger partial charge in [0, 0.05) is 12.0 Å². The van der Waals surface area contributed by atoms with Gasteiger partial charge in [-0.3, -0.25) is 9.59 Å². The van der Waals surface area contributed by atoms with Crippen molar-refractivity contribution in [2.75, 3.05) is 0 Å². The molecule has 0 aromatic heterocycles. The monoisotopic (exact) mass is 353 g/mol. The molecule has 0 bridgehead atoms. The van der Waals surface area contributed by atoms with Crippen LogP contribution in [0.5, 0.6) is 5.75 Å². The first-order chi connectivity index (χ1) is 11.2. The first kappa shape index (κ1) is 20.6. The Balaban J connectivity index is 0.00000576. The second-order valence-electron chi connectivity index (χ2n) is 6.45. The number of ether oxygens (including phenoxy) is 1. The molecule has 0 N–H and O–H groups in total. The third-order valence-corrected chi connectivity index (χ3v) is 3.46. The minimum absolute atomic E-state index is 0. The van der Waals surface area contributed by atoms with E-state index in [4.69, 9.17) is 10.3 Å². The largest absolute Gasteiger partial charge is 0.460 e. The number of benzene rings is 1. The molecule has 0 aliphatic heterocycles. The van der Waals surface area contributed by atoms with Crippen LogP contribution >= 0.6 is 11.9 Å². The third-order valence-electron chi connectivity index (χ3n) is 3.17. The molecule has 0 aliphatic rings. The lowest BCUT2D eigenvalue weighted by atomic mass is 10.00. The maximum atomic E-state index is 12.2. The van der Waals surface area contributed by atoms with Crippen LogP contribution in [0.3, 0.4) is 0 Å². The van der Waals surface area contributed by atoms with Crippen molar-refractivity contribution in [2.45, 2.75) is 60.0 Å². The van der Waals surface area contributed by atoms with Crippen molar-refractivity contribution in [3.8, 4) is 5.75 Å². The van der Waals surface area contributed by atoms with Gasteiger partial charge in [-0.15, -0.1) is 0 Å². The molecular formula is C18H28BO4S. The Morgan fingerprint density at radius 1 is 1.29 bits per heavy atom. The van der Waals surface area contributed by atoms with Crippen molar-refractivity contribution in [2.24, 2.45) is 5.92 Å². The van der Waals surface area contributed by atoms with E-state index in [1.54, 1.807) is 24.3 Å². The molecule has 1 rings (SSSR count). The fraction of sp³-hybridized carbons (Fsp3) is 0.556. The SMILES string of the molecule is C.[3H][B]SOc1ccc(C(=O)CCC[C@H](C)C(=O)OC(C)(C)C)cc1. The number of carbonyl (C=O) groups excluding carboxylic acids is 2. The van der Waals surface area contributed by atoms with E-state index in [1.807, 2.05) is 27.7 Å². The number of Topliss-reactive ketones (excluding diaryl/α,β-unsaturated/α-hetero) is 1. The van der Waals surface area contributed by atoms with Crippen molar-refractivity contribution >= 4 is 30.7 Å². The standard InChI is InChI=1S/C17H24BO4S.CH4/c1-12(16(20)21-17(2,3)4)6-5-7-15(19)13-8-10-14(11-9-13)22-23-18;/h8-12,18H,5-7H2,1-4H3;1H4/t12-;/m0./s1/i18T;. The van der Waals surface area contributed by atoms with Gasteiger partial charge >= 0.3 is 5.97 Å². The number of hydrogen-bond acceptors (Lipinski definition) is 5. The predicted molar refractivity (Wildman–Crippen MR) is 102 cm³/mol. The van der Waals surface area contributed by atoms with Gasteiger partial charge in [0.05, 0.1) is 5.92 Å². The summed E-state index contributed by atoms with van der Waals surface area (Å²) in [5.74, 6) is 0.197. The van der Waals surface area contributed by atoms with Crippen LogP contribution in [0, 0.1) is 5.92 Å². The van der Waals surface area contributed by atoms with Gasteiger partial charge in [-0.05, 0) is 71.1 Å². The minimum Gasteiger partial charge on any atom is -0.460 e. The summed E-state index contributed by atoms with van der Waals surface area (Å²) in [4.78, 5) is 24.0. The number of carbonyl (C=O) groups is 2. The average Bonchev–Trinajstić information content (AvgIpc) is 2.51. The highest BCUT2D eigenvalue weighted by Gasteiger charge is 2.21. The molecule has 0 amide bonds. The van der Waals surface area contributed by atoms with Gasteiger partial charge in [-0.2, -0.15) is 0 Å². The van der Waals surface area contributed by atoms with Gasteiger partial charge in [0.2, 0.25) is 7.09 Å². The van der Waals surface area contributed by atoms with Gasteiger partial charge in [0.1, 0.15) is 11.4 Å². The number of hydrogen-bond donors (Lipinski definition) is 0. The zero-order valence-electron chi connectivity index (χ0n) is 15.1. The zero-order valence-corrected chi connectivity index (χ0v) is 14.9. The van der Waals surface area contributed by atoms with Crippen molar-refractivity contribution in [3.05, 3.63) is 29.8 Å². The maximum Gasteiger partial charge on any atom is 0.309 e. The molecular weight excluding hydrogens is 323 g/mol. The van der Waals surface area contributed by atoms with E-state index in [2.05, 4.69) is 0 Å². The highest BCUT2D eigenvalue weighted by atomic mass is 32.2. The van der Waals surface area contributed by atoms with E-state index >= 15 is 0 Å². The Morgan fingerprint density at radius 3 is 2.46 bits per heavy atom. The van der Waals surface area contributed by atoms with E-state index in [-0.39, 0.29) is 25.1 Å². The molecule has 0 fully saturated rings. The van der Waals surface area contributed by atoms with E-state index in [9.17, 15) is 9.59 Å². The van der Waals surface area contributed by atoms with Gasteiger partial charge in [-0.1, -0.05) is 14.4 Å². The Hall–Kier alpha value is -1.43. The molecule has 6 heteroatoms. The highest BCUT2D eigenvalue weighted by molar-refractivity contribution is 8.16. The summed E-state index contributed by atoms with van der Waals surface area (Å²) in [6, 6.07) is 6.82. The van der Waals surface area contributed by atoms with Crippen LogP contribution in [0.1, 0.15) is 64.7 Å². The first-order valence-electron chi connectivity index (χ1n) is 8.20. The van der Waals surface area contributed by atoms with Gasteiger partial charge in [0.25, 0.3) is 0 Å². The summed E-state index contributed by atoms with van der Waals surface area (Å²) in [5.41, 5.74) is 0.133. The summed E-state index contributed by atoms with van der Waals surface area (Å²) in [6.07, 6.45) is 1.65. The van der Waals surface area contributed by atoms with Crippen LogP contribution in [0.2, 0.25) is 0 Å². The molecule has 24 heavy (non-hydrogen) atoms. The smallest absolute Gasteiger partial charge is 0.309 e. The molecule has 1 aromatic carbocycles. The molecule has 1 aromatic rings. The highest BCUT2D eigenvalue weighted by Crippen LogP contribution is 2.19. The molecule has 1 radical (unpaired) electrons. The van der Waals surface area contributed by atoms with Crippen molar-refractivity contribution in [1.82, 2.24) is 0 Å². The maximum absolute atomic E-state index is 12.2. The summed E-state index contributed by atoms with van der Waals surface area (Å²) in [7, 11) is 1.09. The molecule has 1 atom stereocenters. The van der Waals surface area contributed by atoms with E-state index in [0.717, 1.165) is 19.0 Å². The summed E-state index contributed by atoms with van der Waals surface area (Å²) in [5, 5.41) is 0. The molecule has 4 nitrogen and oxygen atoms in total. The fourth-order valence-corrected chi connectivity index (χ4v) is 2.21. The number of ketones is 1. The fourth-order valence-electron chi connectivity index (χ4n) is 1.99.